The van der Waals surface area contributed by atoms with Crippen LogP contribution in [0, 0.1) is 11.8 Å². The first-order valence-corrected chi connectivity index (χ1v) is 10.3. The first-order valence-electron chi connectivity index (χ1n) is 10.3. The molecule has 2 nitrogen and oxygen atoms in total. The van der Waals surface area contributed by atoms with Gasteiger partial charge in [0.25, 0.3) is 0 Å². The number of unbranched alkanes of at least 4 members (excludes halogenated alkanes) is 12. The van der Waals surface area contributed by atoms with Crippen LogP contribution in [0.2, 0.25) is 0 Å². The summed E-state index contributed by atoms with van der Waals surface area (Å²) in [5, 5.41) is 8.94. The third-order valence-corrected chi connectivity index (χ3v) is 5.06. The van der Waals surface area contributed by atoms with E-state index in [9.17, 15) is 4.79 Å². The van der Waals surface area contributed by atoms with Crippen LogP contribution in [0.15, 0.2) is 0 Å². The van der Waals surface area contributed by atoms with E-state index in [1.807, 2.05) is 0 Å². The summed E-state index contributed by atoms with van der Waals surface area (Å²) in [7, 11) is 0. The van der Waals surface area contributed by atoms with Crippen molar-refractivity contribution in [2.24, 2.45) is 11.8 Å². The molecular formula is C21H42O2. The van der Waals surface area contributed by atoms with Crippen molar-refractivity contribution in [1.29, 1.82) is 0 Å². The number of carboxylic acid groups (broad SMARTS) is 1. The van der Waals surface area contributed by atoms with Crippen LogP contribution in [0.25, 0.3) is 0 Å². The minimum atomic E-state index is -0.640. The molecule has 1 unspecified atom stereocenters. The summed E-state index contributed by atoms with van der Waals surface area (Å²) >= 11 is 0. The van der Waals surface area contributed by atoms with Crippen LogP contribution in [0.4, 0.5) is 0 Å². The van der Waals surface area contributed by atoms with Gasteiger partial charge in [-0.25, -0.2) is 0 Å². The van der Waals surface area contributed by atoms with E-state index in [0.717, 1.165) is 6.42 Å². The average Bonchev–Trinajstić information content (AvgIpc) is 2.50. The Kier molecular flexibility index (Phi) is 16.0. The van der Waals surface area contributed by atoms with E-state index >= 15 is 0 Å². The topological polar surface area (TPSA) is 37.3 Å². The van der Waals surface area contributed by atoms with Crippen LogP contribution in [0.1, 0.15) is 117 Å². The third kappa shape index (κ3) is 16.1. The van der Waals surface area contributed by atoms with E-state index in [4.69, 9.17) is 5.11 Å². The zero-order valence-corrected chi connectivity index (χ0v) is 16.1. The Morgan fingerprint density at radius 1 is 0.739 bits per heavy atom. The van der Waals surface area contributed by atoms with Gasteiger partial charge < -0.3 is 5.11 Å². The molecule has 1 atom stereocenters. The molecule has 0 spiro atoms. The first kappa shape index (κ1) is 22.5. The number of carboxylic acids is 1. The standard InChI is InChI=1S/C21H42O2/c1-4-5-6-7-8-9-10-11-12-13-14-15-16-17-20(19(2)3)18-21(22)23/h19-20H,4-18H2,1-3H3,(H,22,23). The smallest absolute Gasteiger partial charge is 0.303 e. The van der Waals surface area contributed by atoms with Gasteiger partial charge in [0.05, 0.1) is 0 Å². The molecule has 0 heterocycles. The van der Waals surface area contributed by atoms with E-state index in [-0.39, 0.29) is 0 Å². The molecule has 0 amide bonds. The van der Waals surface area contributed by atoms with Crippen molar-refractivity contribution in [3.8, 4) is 0 Å². The molecule has 0 aromatic carbocycles. The summed E-state index contributed by atoms with van der Waals surface area (Å²) in [6.07, 6.45) is 19.3. The molecule has 138 valence electrons. The second-order valence-electron chi connectivity index (χ2n) is 7.63. The third-order valence-electron chi connectivity index (χ3n) is 5.06. The molecule has 2 heteroatoms. The van der Waals surface area contributed by atoms with Crippen LogP contribution in [0.3, 0.4) is 0 Å². The Morgan fingerprint density at radius 2 is 1.13 bits per heavy atom. The molecule has 23 heavy (non-hydrogen) atoms. The molecule has 0 radical (unpaired) electrons. The van der Waals surface area contributed by atoms with Gasteiger partial charge in [0.2, 0.25) is 0 Å². The number of hydrogen-bond donors (Lipinski definition) is 1. The molecule has 0 fully saturated rings. The first-order chi connectivity index (χ1) is 11.1. The van der Waals surface area contributed by atoms with Crippen molar-refractivity contribution >= 4 is 5.97 Å². The Morgan fingerprint density at radius 3 is 1.48 bits per heavy atom. The van der Waals surface area contributed by atoms with Crippen molar-refractivity contribution in [1.82, 2.24) is 0 Å². The molecule has 0 bridgehead atoms. The lowest BCUT2D eigenvalue weighted by molar-refractivity contribution is -0.138. The maximum atomic E-state index is 10.8. The highest BCUT2D eigenvalue weighted by atomic mass is 16.4. The van der Waals surface area contributed by atoms with Gasteiger partial charge in [0.15, 0.2) is 0 Å². The molecule has 0 saturated heterocycles. The molecule has 1 N–H and O–H groups in total. The number of aliphatic carboxylic acids is 1. The van der Waals surface area contributed by atoms with Gasteiger partial charge in [0, 0.05) is 6.42 Å². The van der Waals surface area contributed by atoms with Crippen molar-refractivity contribution in [2.45, 2.75) is 117 Å². The normalized spacial score (nSPS) is 12.7. The maximum Gasteiger partial charge on any atom is 0.303 e. The van der Waals surface area contributed by atoms with Crippen LogP contribution in [-0.2, 0) is 4.79 Å². The van der Waals surface area contributed by atoms with Gasteiger partial charge >= 0.3 is 5.97 Å². The monoisotopic (exact) mass is 326 g/mol. The lowest BCUT2D eigenvalue weighted by Gasteiger charge is -2.18. The Bertz CT molecular complexity index is 261. The second kappa shape index (κ2) is 16.3. The molecule has 0 aliphatic carbocycles. The number of carbonyl (C=O) groups is 1. The molecule has 0 aromatic heterocycles. The van der Waals surface area contributed by atoms with E-state index in [1.165, 1.54) is 83.5 Å². The summed E-state index contributed by atoms with van der Waals surface area (Å²) in [5.41, 5.74) is 0. The molecular weight excluding hydrogens is 284 g/mol. The largest absolute Gasteiger partial charge is 0.481 e. The molecule has 0 rings (SSSR count). The highest BCUT2D eigenvalue weighted by Gasteiger charge is 2.16. The van der Waals surface area contributed by atoms with Gasteiger partial charge in [-0.2, -0.15) is 0 Å². The van der Waals surface area contributed by atoms with E-state index in [0.29, 0.717) is 18.3 Å². The molecule has 0 saturated carbocycles. The maximum absolute atomic E-state index is 10.8. The highest BCUT2D eigenvalue weighted by molar-refractivity contribution is 5.67. The Balaban J connectivity index is 3.30. The summed E-state index contributed by atoms with van der Waals surface area (Å²) in [5.74, 6) is 0.210. The van der Waals surface area contributed by atoms with Crippen molar-refractivity contribution in [2.75, 3.05) is 0 Å². The average molecular weight is 327 g/mol. The molecule has 0 aliphatic rings. The van der Waals surface area contributed by atoms with Crippen molar-refractivity contribution in [3.63, 3.8) is 0 Å². The number of hydrogen-bond acceptors (Lipinski definition) is 1. The minimum absolute atomic E-state index is 0.343. The SMILES string of the molecule is CCCCCCCCCCCCCCCC(CC(=O)O)C(C)C. The van der Waals surface area contributed by atoms with Gasteiger partial charge in [0.1, 0.15) is 0 Å². The summed E-state index contributed by atoms with van der Waals surface area (Å²) in [4.78, 5) is 10.8. The fourth-order valence-electron chi connectivity index (χ4n) is 3.32. The Hall–Kier alpha value is -0.530. The predicted octanol–water partition coefficient (Wildman–Crippen LogP) is 7.21. The van der Waals surface area contributed by atoms with Crippen LogP contribution in [0.5, 0.6) is 0 Å². The fraction of sp³-hybridized carbons (Fsp3) is 0.952. The highest BCUT2D eigenvalue weighted by Crippen LogP contribution is 2.23. The lowest BCUT2D eigenvalue weighted by atomic mass is 9.87. The van der Waals surface area contributed by atoms with E-state index < -0.39 is 5.97 Å². The zero-order valence-electron chi connectivity index (χ0n) is 16.1. The van der Waals surface area contributed by atoms with E-state index in [2.05, 4.69) is 20.8 Å². The fourth-order valence-corrected chi connectivity index (χ4v) is 3.32. The van der Waals surface area contributed by atoms with Gasteiger partial charge in [-0.15, -0.1) is 0 Å². The number of rotatable bonds is 17. The van der Waals surface area contributed by atoms with Gasteiger partial charge in [-0.05, 0) is 18.3 Å². The zero-order chi connectivity index (χ0) is 17.3. The lowest BCUT2D eigenvalue weighted by Crippen LogP contribution is -2.13. The van der Waals surface area contributed by atoms with Crippen LogP contribution in [-0.4, -0.2) is 11.1 Å². The predicted molar refractivity (Wildman–Crippen MR) is 101 cm³/mol. The summed E-state index contributed by atoms with van der Waals surface area (Å²) in [6, 6.07) is 0. The molecule has 0 aliphatic heterocycles. The summed E-state index contributed by atoms with van der Waals surface area (Å²) < 4.78 is 0. The van der Waals surface area contributed by atoms with Crippen LogP contribution < -0.4 is 0 Å². The Labute approximate surface area is 145 Å². The van der Waals surface area contributed by atoms with Crippen LogP contribution >= 0.6 is 0 Å². The second-order valence-corrected chi connectivity index (χ2v) is 7.63. The summed E-state index contributed by atoms with van der Waals surface area (Å²) in [6.45, 7) is 6.57. The quantitative estimate of drug-likeness (QED) is 0.287. The van der Waals surface area contributed by atoms with Gasteiger partial charge in [-0.3, -0.25) is 4.79 Å². The van der Waals surface area contributed by atoms with Crippen molar-refractivity contribution in [3.05, 3.63) is 0 Å². The van der Waals surface area contributed by atoms with Crippen molar-refractivity contribution < 1.29 is 9.90 Å². The van der Waals surface area contributed by atoms with E-state index in [1.54, 1.807) is 0 Å². The molecule has 0 aromatic rings. The van der Waals surface area contributed by atoms with Gasteiger partial charge in [-0.1, -0.05) is 104 Å². The minimum Gasteiger partial charge on any atom is -0.481 e.